The molecule has 0 unspecified atom stereocenters. The average Bonchev–Trinajstić information content (AvgIpc) is 3.13. The van der Waals surface area contributed by atoms with E-state index in [4.69, 9.17) is 9.47 Å². The van der Waals surface area contributed by atoms with Gasteiger partial charge in [0.25, 0.3) is 0 Å². The maximum Gasteiger partial charge on any atom is 0.118 e. The van der Waals surface area contributed by atoms with E-state index in [-0.39, 0.29) is 0 Å². The quantitative estimate of drug-likeness (QED) is 0.390. The lowest BCUT2D eigenvalue weighted by molar-refractivity contribution is 0.414. The van der Waals surface area contributed by atoms with E-state index in [1.165, 1.54) is 26.1 Å². The molecule has 4 rings (SSSR count). The van der Waals surface area contributed by atoms with Gasteiger partial charge in [0.05, 0.1) is 14.2 Å². The molecule has 0 atom stereocenters. The Bertz CT molecular complexity index is 1090. The van der Waals surface area contributed by atoms with E-state index in [9.17, 15) is 0 Å². The minimum absolute atomic E-state index is 0.845. The van der Waals surface area contributed by atoms with Gasteiger partial charge in [0.15, 0.2) is 0 Å². The van der Waals surface area contributed by atoms with E-state index < -0.39 is 0 Å². The van der Waals surface area contributed by atoms with Crippen LogP contribution in [0.4, 0.5) is 0 Å². The Morgan fingerprint density at radius 1 is 0.778 bits per heavy atom. The number of hydrogen-bond acceptors (Lipinski definition) is 3. The van der Waals surface area contributed by atoms with Crippen molar-refractivity contribution in [2.24, 2.45) is 0 Å². The van der Waals surface area contributed by atoms with Crippen molar-refractivity contribution < 1.29 is 9.47 Å². The lowest BCUT2D eigenvalue weighted by Crippen LogP contribution is -1.89. The standard InChI is InChI=1S/C24H20O2S/c1-16(17-8-12-19(25-2)13-9-17)23-21-6-4-5-7-22(21)27-24(23)18-10-14-20(26-3)15-11-18/h4-15H,1H2,2-3H3. The number of thiophene rings is 1. The first-order valence-electron chi connectivity index (χ1n) is 8.71. The second kappa shape index (κ2) is 7.29. The van der Waals surface area contributed by atoms with Crippen molar-refractivity contribution in [3.05, 3.63) is 90.5 Å². The lowest BCUT2D eigenvalue weighted by Gasteiger charge is -2.10. The van der Waals surface area contributed by atoms with Crippen molar-refractivity contribution >= 4 is 27.0 Å². The molecule has 27 heavy (non-hydrogen) atoms. The Morgan fingerprint density at radius 2 is 1.37 bits per heavy atom. The van der Waals surface area contributed by atoms with Crippen LogP contribution in [0, 0.1) is 0 Å². The molecule has 1 aromatic heterocycles. The summed E-state index contributed by atoms with van der Waals surface area (Å²) in [5.74, 6) is 1.70. The highest BCUT2D eigenvalue weighted by atomic mass is 32.1. The topological polar surface area (TPSA) is 18.5 Å². The monoisotopic (exact) mass is 372 g/mol. The van der Waals surface area contributed by atoms with E-state index in [2.05, 4.69) is 55.1 Å². The number of ether oxygens (including phenoxy) is 2. The van der Waals surface area contributed by atoms with E-state index >= 15 is 0 Å². The smallest absolute Gasteiger partial charge is 0.118 e. The van der Waals surface area contributed by atoms with Crippen LogP contribution < -0.4 is 9.47 Å². The minimum Gasteiger partial charge on any atom is -0.497 e. The zero-order chi connectivity index (χ0) is 18.8. The Labute approximate surface area is 163 Å². The fraction of sp³-hybridized carbons (Fsp3) is 0.0833. The lowest BCUT2D eigenvalue weighted by atomic mass is 9.94. The van der Waals surface area contributed by atoms with Gasteiger partial charge in [-0.1, -0.05) is 36.9 Å². The Balaban J connectivity index is 1.87. The summed E-state index contributed by atoms with van der Waals surface area (Å²) in [5, 5.41) is 1.23. The molecule has 3 aromatic carbocycles. The molecule has 0 radical (unpaired) electrons. The van der Waals surface area contributed by atoms with E-state index in [1.807, 2.05) is 24.3 Å². The predicted molar refractivity (Wildman–Crippen MR) is 115 cm³/mol. The van der Waals surface area contributed by atoms with Crippen LogP contribution in [-0.4, -0.2) is 14.2 Å². The summed E-state index contributed by atoms with van der Waals surface area (Å²) in [4.78, 5) is 1.22. The third-order valence-electron chi connectivity index (χ3n) is 4.69. The average molecular weight is 372 g/mol. The molecule has 134 valence electrons. The van der Waals surface area contributed by atoms with Crippen LogP contribution in [0.3, 0.4) is 0 Å². The third-order valence-corrected chi connectivity index (χ3v) is 5.91. The molecule has 4 aromatic rings. The number of benzene rings is 3. The summed E-state index contributed by atoms with van der Waals surface area (Å²) in [6.45, 7) is 4.43. The summed E-state index contributed by atoms with van der Waals surface area (Å²) in [6, 6.07) is 24.8. The summed E-state index contributed by atoms with van der Waals surface area (Å²) in [5.41, 5.74) is 4.46. The van der Waals surface area contributed by atoms with Gasteiger partial charge >= 0.3 is 0 Å². The summed E-state index contributed by atoms with van der Waals surface area (Å²) in [7, 11) is 3.36. The molecular formula is C24H20O2S. The fourth-order valence-electron chi connectivity index (χ4n) is 3.23. The molecule has 3 heteroatoms. The van der Waals surface area contributed by atoms with Crippen molar-refractivity contribution in [2.45, 2.75) is 0 Å². The van der Waals surface area contributed by atoms with Gasteiger partial charge in [0, 0.05) is 20.5 Å². The van der Waals surface area contributed by atoms with Crippen LogP contribution >= 0.6 is 11.3 Å². The first kappa shape index (κ1) is 17.4. The zero-order valence-corrected chi connectivity index (χ0v) is 16.2. The normalized spacial score (nSPS) is 10.7. The third kappa shape index (κ3) is 3.22. The van der Waals surface area contributed by atoms with Gasteiger partial charge in [0.2, 0.25) is 0 Å². The van der Waals surface area contributed by atoms with Gasteiger partial charge in [-0.05, 0) is 59.2 Å². The maximum atomic E-state index is 5.31. The van der Waals surface area contributed by atoms with Crippen LogP contribution in [0.5, 0.6) is 11.5 Å². The minimum atomic E-state index is 0.845. The van der Waals surface area contributed by atoms with Gasteiger partial charge in [-0.25, -0.2) is 0 Å². The zero-order valence-electron chi connectivity index (χ0n) is 15.4. The van der Waals surface area contributed by atoms with E-state index in [0.717, 1.165) is 22.6 Å². The fourth-order valence-corrected chi connectivity index (χ4v) is 4.46. The SMILES string of the molecule is C=C(c1ccc(OC)cc1)c1c(-c2ccc(OC)cc2)sc2ccccc12. The molecule has 0 aliphatic heterocycles. The summed E-state index contributed by atoms with van der Waals surface area (Å²) in [6.07, 6.45) is 0. The molecule has 0 spiro atoms. The molecular weight excluding hydrogens is 352 g/mol. The van der Waals surface area contributed by atoms with Crippen molar-refractivity contribution in [3.63, 3.8) is 0 Å². The first-order valence-corrected chi connectivity index (χ1v) is 9.52. The van der Waals surface area contributed by atoms with Crippen molar-refractivity contribution in [1.29, 1.82) is 0 Å². The van der Waals surface area contributed by atoms with Gasteiger partial charge in [0.1, 0.15) is 11.5 Å². The Kier molecular flexibility index (Phi) is 4.69. The molecule has 0 N–H and O–H groups in total. The van der Waals surface area contributed by atoms with Crippen LogP contribution in [0.15, 0.2) is 79.4 Å². The molecule has 2 nitrogen and oxygen atoms in total. The van der Waals surface area contributed by atoms with Gasteiger partial charge < -0.3 is 9.47 Å². The number of hydrogen-bond donors (Lipinski definition) is 0. The molecule has 1 heterocycles. The number of fused-ring (bicyclic) bond motifs is 1. The maximum absolute atomic E-state index is 5.31. The summed E-state index contributed by atoms with van der Waals surface area (Å²) < 4.78 is 11.8. The van der Waals surface area contributed by atoms with Gasteiger partial charge in [-0.2, -0.15) is 0 Å². The Hall–Kier alpha value is -3.04. The highest BCUT2D eigenvalue weighted by Crippen LogP contribution is 2.44. The van der Waals surface area contributed by atoms with Gasteiger partial charge in [-0.15, -0.1) is 11.3 Å². The highest BCUT2D eigenvalue weighted by molar-refractivity contribution is 7.22. The largest absolute Gasteiger partial charge is 0.497 e. The molecule has 0 bridgehead atoms. The van der Waals surface area contributed by atoms with Crippen LogP contribution in [0.1, 0.15) is 11.1 Å². The molecule has 0 saturated carbocycles. The molecule has 0 amide bonds. The predicted octanol–water partition coefficient (Wildman–Crippen LogP) is 6.65. The summed E-state index contributed by atoms with van der Waals surface area (Å²) >= 11 is 1.79. The van der Waals surface area contributed by atoms with E-state index in [1.54, 1.807) is 25.6 Å². The second-order valence-electron chi connectivity index (χ2n) is 6.24. The van der Waals surface area contributed by atoms with Crippen LogP contribution in [0.25, 0.3) is 26.1 Å². The van der Waals surface area contributed by atoms with Crippen LogP contribution in [-0.2, 0) is 0 Å². The van der Waals surface area contributed by atoms with Crippen molar-refractivity contribution in [3.8, 4) is 21.9 Å². The molecule has 0 aliphatic rings. The van der Waals surface area contributed by atoms with Gasteiger partial charge in [-0.3, -0.25) is 0 Å². The first-order chi connectivity index (χ1) is 13.2. The second-order valence-corrected chi connectivity index (χ2v) is 7.29. The molecule has 0 aliphatic carbocycles. The van der Waals surface area contributed by atoms with E-state index in [0.29, 0.717) is 0 Å². The van der Waals surface area contributed by atoms with Crippen molar-refractivity contribution in [1.82, 2.24) is 0 Å². The highest BCUT2D eigenvalue weighted by Gasteiger charge is 2.17. The molecule has 0 fully saturated rings. The molecule has 0 saturated heterocycles. The van der Waals surface area contributed by atoms with Crippen LogP contribution in [0.2, 0.25) is 0 Å². The number of rotatable bonds is 5. The van der Waals surface area contributed by atoms with Crippen molar-refractivity contribution in [2.75, 3.05) is 14.2 Å². The Morgan fingerprint density at radius 3 is 2.00 bits per heavy atom. The number of methoxy groups -OCH3 is 2.